The third-order valence-electron chi connectivity index (χ3n) is 5.06. The largest absolute Gasteiger partial charge is 0.271 e. The molecule has 4 rings (SSSR count). The van der Waals surface area contributed by atoms with Gasteiger partial charge in [-0.05, 0) is 38.8 Å². The Balaban J connectivity index is 1.80. The molecule has 0 radical (unpaired) electrons. The summed E-state index contributed by atoms with van der Waals surface area (Å²) in [6.07, 6.45) is 2.69. The van der Waals surface area contributed by atoms with E-state index in [4.69, 9.17) is 4.98 Å². The molecule has 3 aromatic rings. The van der Waals surface area contributed by atoms with E-state index >= 15 is 0 Å². The zero-order valence-electron chi connectivity index (χ0n) is 15.1. The van der Waals surface area contributed by atoms with Crippen molar-refractivity contribution in [3.05, 3.63) is 40.7 Å². The van der Waals surface area contributed by atoms with Crippen molar-refractivity contribution in [2.75, 3.05) is 6.54 Å². The molecule has 3 heterocycles. The van der Waals surface area contributed by atoms with Crippen molar-refractivity contribution in [3.63, 3.8) is 0 Å². The third kappa shape index (κ3) is 2.76. The van der Waals surface area contributed by atoms with Crippen LogP contribution in [0.1, 0.15) is 41.7 Å². The zero-order valence-corrected chi connectivity index (χ0v) is 16.8. The molecule has 0 aliphatic carbocycles. The van der Waals surface area contributed by atoms with E-state index < -0.39 is 10.0 Å². The van der Waals surface area contributed by atoms with Gasteiger partial charge in [0.15, 0.2) is 0 Å². The monoisotopic (exact) mass is 390 g/mol. The summed E-state index contributed by atoms with van der Waals surface area (Å²) in [5, 5.41) is 5.19. The summed E-state index contributed by atoms with van der Waals surface area (Å²) >= 11 is 1.59. The molecule has 6 nitrogen and oxygen atoms in total. The summed E-state index contributed by atoms with van der Waals surface area (Å²) in [5.74, 6) is 0. The van der Waals surface area contributed by atoms with Gasteiger partial charge in [-0.15, -0.1) is 11.3 Å². The molecule has 2 aromatic heterocycles. The Morgan fingerprint density at radius 2 is 1.96 bits per heavy atom. The fourth-order valence-corrected chi connectivity index (χ4v) is 6.96. The number of hydrogen-bond donors (Lipinski definition) is 0. The first kappa shape index (κ1) is 17.6. The number of aromatic nitrogens is 3. The van der Waals surface area contributed by atoms with E-state index in [-0.39, 0.29) is 6.04 Å². The Hall–Kier alpha value is -1.77. The Morgan fingerprint density at radius 3 is 2.65 bits per heavy atom. The first-order valence-corrected chi connectivity index (χ1v) is 11.0. The molecule has 0 saturated carbocycles. The maximum absolute atomic E-state index is 13.5. The summed E-state index contributed by atoms with van der Waals surface area (Å²) < 4.78 is 31.4. The van der Waals surface area contributed by atoms with Gasteiger partial charge in [0.2, 0.25) is 10.0 Å². The van der Waals surface area contributed by atoms with Crippen molar-refractivity contribution >= 4 is 31.6 Å². The van der Waals surface area contributed by atoms with Crippen LogP contribution < -0.4 is 0 Å². The Kier molecular flexibility index (Phi) is 4.37. The number of para-hydroxylation sites is 1. The van der Waals surface area contributed by atoms with E-state index in [1.807, 2.05) is 31.2 Å². The van der Waals surface area contributed by atoms with Crippen LogP contribution in [0.5, 0.6) is 0 Å². The number of nitrogens with zero attached hydrogens (tertiary/aromatic N) is 4. The van der Waals surface area contributed by atoms with Crippen LogP contribution in [0.15, 0.2) is 29.2 Å². The molecule has 138 valence electrons. The Bertz CT molecular complexity index is 1040. The molecule has 0 bridgehead atoms. The van der Waals surface area contributed by atoms with E-state index in [1.54, 1.807) is 34.3 Å². The number of piperidine rings is 1. The highest BCUT2D eigenvalue weighted by Gasteiger charge is 2.38. The van der Waals surface area contributed by atoms with Gasteiger partial charge in [0.05, 0.1) is 27.6 Å². The predicted octanol–water partition coefficient (Wildman–Crippen LogP) is 3.56. The highest BCUT2D eigenvalue weighted by atomic mass is 32.2. The zero-order chi connectivity index (χ0) is 18.5. The van der Waals surface area contributed by atoms with Crippen LogP contribution in [0.25, 0.3) is 10.2 Å². The summed E-state index contributed by atoms with van der Waals surface area (Å²) in [5.41, 5.74) is 2.17. The van der Waals surface area contributed by atoms with Crippen LogP contribution in [-0.4, -0.2) is 34.0 Å². The van der Waals surface area contributed by atoms with E-state index in [9.17, 15) is 8.42 Å². The molecule has 0 amide bonds. The predicted molar refractivity (Wildman–Crippen MR) is 103 cm³/mol. The third-order valence-corrected chi connectivity index (χ3v) is 8.36. The molecule has 1 aliphatic rings. The summed E-state index contributed by atoms with van der Waals surface area (Å²) in [4.78, 5) is 5.08. The van der Waals surface area contributed by atoms with Crippen molar-refractivity contribution in [2.24, 2.45) is 7.05 Å². The molecule has 1 atom stereocenters. The van der Waals surface area contributed by atoms with Gasteiger partial charge in [-0.25, -0.2) is 13.4 Å². The van der Waals surface area contributed by atoms with Gasteiger partial charge in [-0.1, -0.05) is 18.6 Å². The SMILES string of the molecule is Cc1nn(C)c(C)c1S(=O)(=O)N1CCCCC1c1nc2ccccc2s1. The second kappa shape index (κ2) is 6.44. The van der Waals surface area contributed by atoms with E-state index in [1.165, 1.54) is 0 Å². The normalized spacial score (nSPS) is 19.3. The molecule has 1 fully saturated rings. The topological polar surface area (TPSA) is 68.1 Å². The Morgan fingerprint density at radius 1 is 1.19 bits per heavy atom. The van der Waals surface area contributed by atoms with Gasteiger partial charge < -0.3 is 0 Å². The molecule has 0 N–H and O–H groups in total. The van der Waals surface area contributed by atoms with Crippen molar-refractivity contribution in [2.45, 2.75) is 44.0 Å². The molecule has 1 aromatic carbocycles. The quantitative estimate of drug-likeness (QED) is 0.686. The van der Waals surface area contributed by atoms with Gasteiger partial charge in [-0.3, -0.25) is 4.68 Å². The molecule has 1 unspecified atom stereocenters. The van der Waals surface area contributed by atoms with Gasteiger partial charge in [0.1, 0.15) is 9.90 Å². The summed E-state index contributed by atoms with van der Waals surface area (Å²) in [6.45, 7) is 4.09. The summed E-state index contributed by atoms with van der Waals surface area (Å²) in [7, 11) is -1.84. The lowest BCUT2D eigenvalue weighted by atomic mass is 10.1. The smallest absolute Gasteiger partial charge is 0.247 e. The number of thiazole rings is 1. The number of aryl methyl sites for hydroxylation is 2. The molecule has 1 saturated heterocycles. The van der Waals surface area contributed by atoms with Crippen LogP contribution in [0.3, 0.4) is 0 Å². The number of hydrogen-bond acceptors (Lipinski definition) is 5. The lowest BCUT2D eigenvalue weighted by Gasteiger charge is -2.33. The Labute approximate surface area is 157 Å². The number of sulfonamides is 1. The van der Waals surface area contributed by atoms with Crippen molar-refractivity contribution in [1.29, 1.82) is 0 Å². The fraction of sp³-hybridized carbons (Fsp3) is 0.444. The minimum absolute atomic E-state index is 0.204. The number of benzene rings is 1. The first-order chi connectivity index (χ1) is 12.4. The number of rotatable bonds is 3. The van der Waals surface area contributed by atoms with E-state index in [0.29, 0.717) is 22.8 Å². The standard InChI is InChI=1S/C18H22N4O2S2/c1-12-17(13(2)21(3)20-12)26(23,24)22-11-7-6-9-15(22)18-19-14-8-4-5-10-16(14)25-18/h4-5,8,10,15H,6-7,9,11H2,1-3H3. The minimum atomic E-state index is -3.62. The molecule has 8 heteroatoms. The van der Waals surface area contributed by atoms with E-state index in [0.717, 1.165) is 34.5 Å². The van der Waals surface area contributed by atoms with Gasteiger partial charge in [-0.2, -0.15) is 9.40 Å². The number of fused-ring (bicyclic) bond motifs is 1. The van der Waals surface area contributed by atoms with Crippen molar-refractivity contribution < 1.29 is 8.42 Å². The van der Waals surface area contributed by atoms with Gasteiger partial charge >= 0.3 is 0 Å². The highest BCUT2D eigenvalue weighted by molar-refractivity contribution is 7.89. The second-order valence-electron chi connectivity index (χ2n) is 6.77. The summed E-state index contributed by atoms with van der Waals surface area (Å²) in [6, 6.07) is 7.76. The molecular weight excluding hydrogens is 368 g/mol. The van der Waals surface area contributed by atoms with Crippen molar-refractivity contribution in [1.82, 2.24) is 19.1 Å². The van der Waals surface area contributed by atoms with E-state index in [2.05, 4.69) is 5.10 Å². The van der Waals surface area contributed by atoms with Crippen LogP contribution in [0.2, 0.25) is 0 Å². The molecule has 0 spiro atoms. The average Bonchev–Trinajstić information content (AvgIpc) is 3.16. The van der Waals surface area contributed by atoms with Gasteiger partial charge in [0.25, 0.3) is 0 Å². The minimum Gasteiger partial charge on any atom is -0.271 e. The molecule has 26 heavy (non-hydrogen) atoms. The van der Waals surface area contributed by atoms with Crippen LogP contribution in [0.4, 0.5) is 0 Å². The second-order valence-corrected chi connectivity index (χ2v) is 9.66. The average molecular weight is 391 g/mol. The maximum Gasteiger partial charge on any atom is 0.247 e. The maximum atomic E-state index is 13.5. The highest BCUT2D eigenvalue weighted by Crippen LogP contribution is 2.39. The fourth-order valence-electron chi connectivity index (χ4n) is 3.72. The van der Waals surface area contributed by atoms with Gasteiger partial charge in [0, 0.05) is 13.6 Å². The van der Waals surface area contributed by atoms with Crippen LogP contribution >= 0.6 is 11.3 Å². The lowest BCUT2D eigenvalue weighted by molar-refractivity contribution is 0.255. The molecule has 1 aliphatic heterocycles. The van der Waals surface area contributed by atoms with Crippen LogP contribution in [0, 0.1) is 13.8 Å². The van der Waals surface area contributed by atoms with Crippen LogP contribution in [-0.2, 0) is 17.1 Å². The first-order valence-electron chi connectivity index (χ1n) is 8.77. The van der Waals surface area contributed by atoms with Crippen molar-refractivity contribution in [3.8, 4) is 0 Å². The lowest BCUT2D eigenvalue weighted by Crippen LogP contribution is -2.38. The molecular formula is C18H22N4O2S2.